The van der Waals surface area contributed by atoms with Crippen molar-refractivity contribution in [3.8, 4) is 0 Å². The lowest BCUT2D eigenvalue weighted by molar-refractivity contribution is 0.0239. The van der Waals surface area contributed by atoms with Gasteiger partial charge in [0.15, 0.2) is 0 Å². The van der Waals surface area contributed by atoms with Gasteiger partial charge in [0.1, 0.15) is 0 Å². The highest BCUT2D eigenvalue weighted by molar-refractivity contribution is 5.21. The SMILES string of the molecule is CC(C)N1CC2CC2(CC(C)N2C3CC3CC2C(C)(C)C)C1C(C)(C)C. The highest BCUT2D eigenvalue weighted by Gasteiger charge is 2.69. The fourth-order valence-corrected chi connectivity index (χ4v) is 7.48. The molecule has 0 amide bonds. The highest BCUT2D eigenvalue weighted by atomic mass is 15.3. The molecule has 2 nitrogen and oxygen atoms in total. The molecule has 0 spiro atoms. The molecule has 150 valence electrons. The topological polar surface area (TPSA) is 6.48 Å². The van der Waals surface area contributed by atoms with E-state index in [2.05, 4.69) is 72.1 Å². The summed E-state index contributed by atoms with van der Waals surface area (Å²) in [6, 6.07) is 3.90. The number of rotatable bonds is 4. The Morgan fingerprint density at radius 1 is 0.962 bits per heavy atom. The molecule has 26 heavy (non-hydrogen) atoms. The van der Waals surface area contributed by atoms with E-state index in [-0.39, 0.29) is 0 Å². The quantitative estimate of drug-likeness (QED) is 0.660. The number of piperidine rings is 2. The van der Waals surface area contributed by atoms with Crippen LogP contribution in [0.1, 0.15) is 88.0 Å². The first-order valence-corrected chi connectivity index (χ1v) is 11.4. The van der Waals surface area contributed by atoms with Gasteiger partial charge in [0.05, 0.1) is 0 Å². The largest absolute Gasteiger partial charge is 0.297 e. The maximum absolute atomic E-state index is 2.99. The average Bonchev–Trinajstić information content (AvgIpc) is 3.30. The number of hydrogen-bond acceptors (Lipinski definition) is 2. The van der Waals surface area contributed by atoms with E-state index in [9.17, 15) is 0 Å². The minimum Gasteiger partial charge on any atom is -0.297 e. The van der Waals surface area contributed by atoms with Crippen molar-refractivity contribution < 1.29 is 0 Å². The first kappa shape index (κ1) is 19.2. The van der Waals surface area contributed by atoms with E-state index in [1.54, 1.807) is 0 Å². The number of fused-ring (bicyclic) bond motifs is 2. The monoisotopic (exact) mass is 360 g/mol. The Kier molecular flexibility index (Phi) is 4.24. The fraction of sp³-hybridized carbons (Fsp3) is 1.00. The summed E-state index contributed by atoms with van der Waals surface area (Å²) in [6.45, 7) is 23.6. The van der Waals surface area contributed by atoms with Crippen LogP contribution in [-0.4, -0.2) is 46.6 Å². The van der Waals surface area contributed by atoms with E-state index in [1.165, 1.54) is 32.2 Å². The van der Waals surface area contributed by atoms with Crippen molar-refractivity contribution in [2.24, 2.45) is 28.1 Å². The van der Waals surface area contributed by atoms with Crippen molar-refractivity contribution in [2.45, 2.75) is 118 Å². The predicted molar refractivity (Wildman–Crippen MR) is 111 cm³/mol. The molecule has 0 aromatic rings. The van der Waals surface area contributed by atoms with E-state index in [1.807, 2.05) is 0 Å². The van der Waals surface area contributed by atoms with E-state index >= 15 is 0 Å². The van der Waals surface area contributed by atoms with Crippen molar-refractivity contribution in [3.63, 3.8) is 0 Å². The molecule has 2 aliphatic heterocycles. The predicted octanol–water partition coefficient (Wildman–Crippen LogP) is 5.42. The Bertz CT molecular complexity index is 554. The molecule has 2 heteroatoms. The van der Waals surface area contributed by atoms with Crippen LogP contribution in [0.25, 0.3) is 0 Å². The van der Waals surface area contributed by atoms with Crippen LogP contribution in [0, 0.1) is 28.1 Å². The van der Waals surface area contributed by atoms with Crippen LogP contribution in [0.4, 0.5) is 0 Å². The summed E-state index contributed by atoms with van der Waals surface area (Å²) >= 11 is 0. The summed E-state index contributed by atoms with van der Waals surface area (Å²) in [6.07, 6.45) is 5.85. The van der Waals surface area contributed by atoms with E-state index < -0.39 is 0 Å². The third kappa shape index (κ3) is 2.89. The zero-order chi connectivity index (χ0) is 19.2. The number of nitrogens with zero attached hydrogens (tertiary/aromatic N) is 2. The summed E-state index contributed by atoms with van der Waals surface area (Å²) in [4.78, 5) is 5.85. The first-order valence-electron chi connectivity index (χ1n) is 11.4. The second-order valence-corrected chi connectivity index (χ2v) is 12.9. The zero-order valence-electron chi connectivity index (χ0n) is 19.0. The van der Waals surface area contributed by atoms with Gasteiger partial charge in [0.2, 0.25) is 0 Å². The normalized spacial score (nSPS) is 44.3. The van der Waals surface area contributed by atoms with Gasteiger partial charge in [0, 0.05) is 36.8 Å². The van der Waals surface area contributed by atoms with E-state index in [0.29, 0.717) is 22.3 Å². The lowest BCUT2D eigenvalue weighted by atomic mass is 9.73. The fourth-order valence-electron chi connectivity index (χ4n) is 7.48. The molecule has 0 bridgehead atoms. The Hall–Kier alpha value is -0.0800. The molecule has 4 rings (SSSR count). The van der Waals surface area contributed by atoms with Crippen molar-refractivity contribution in [3.05, 3.63) is 0 Å². The summed E-state index contributed by atoms with van der Waals surface area (Å²) in [5.41, 5.74) is 1.40. The molecule has 0 aromatic carbocycles. The molecular weight excluding hydrogens is 316 g/mol. The third-order valence-corrected chi connectivity index (χ3v) is 8.41. The molecule has 0 aromatic heterocycles. The van der Waals surface area contributed by atoms with Crippen LogP contribution >= 0.6 is 0 Å². The van der Waals surface area contributed by atoms with Gasteiger partial charge in [-0.2, -0.15) is 0 Å². The van der Waals surface area contributed by atoms with Crippen LogP contribution in [0.2, 0.25) is 0 Å². The van der Waals surface area contributed by atoms with Gasteiger partial charge in [-0.1, -0.05) is 41.5 Å². The highest BCUT2D eigenvalue weighted by Crippen LogP contribution is 2.68. The van der Waals surface area contributed by atoms with E-state index in [4.69, 9.17) is 0 Å². The lowest BCUT2D eigenvalue weighted by Gasteiger charge is -2.46. The summed E-state index contributed by atoms with van der Waals surface area (Å²) in [5, 5.41) is 0. The van der Waals surface area contributed by atoms with Crippen molar-refractivity contribution in [1.82, 2.24) is 9.80 Å². The second-order valence-electron chi connectivity index (χ2n) is 12.9. The van der Waals surface area contributed by atoms with Crippen LogP contribution in [0.15, 0.2) is 0 Å². The Morgan fingerprint density at radius 3 is 2.15 bits per heavy atom. The van der Waals surface area contributed by atoms with Gasteiger partial charge >= 0.3 is 0 Å². The van der Waals surface area contributed by atoms with Gasteiger partial charge in [-0.05, 0) is 74.5 Å². The lowest BCUT2D eigenvalue weighted by Crippen LogP contribution is -2.52. The van der Waals surface area contributed by atoms with E-state index in [0.717, 1.165) is 36.0 Å². The van der Waals surface area contributed by atoms with Crippen molar-refractivity contribution in [1.29, 1.82) is 0 Å². The first-order chi connectivity index (χ1) is 11.9. The minimum absolute atomic E-state index is 0.381. The molecule has 4 fully saturated rings. The number of likely N-dealkylation sites (tertiary alicyclic amines) is 2. The van der Waals surface area contributed by atoms with Crippen molar-refractivity contribution >= 4 is 0 Å². The third-order valence-electron chi connectivity index (χ3n) is 8.41. The molecule has 7 atom stereocenters. The zero-order valence-corrected chi connectivity index (χ0v) is 19.0. The molecular formula is C24H44N2. The molecule has 2 saturated carbocycles. The van der Waals surface area contributed by atoms with Gasteiger partial charge < -0.3 is 0 Å². The van der Waals surface area contributed by atoms with Crippen LogP contribution < -0.4 is 0 Å². The molecule has 0 radical (unpaired) electrons. The maximum Gasteiger partial charge on any atom is 0.0207 e. The van der Waals surface area contributed by atoms with Crippen LogP contribution in [0.5, 0.6) is 0 Å². The van der Waals surface area contributed by atoms with Gasteiger partial charge in [0.25, 0.3) is 0 Å². The Labute approximate surface area is 163 Å². The Morgan fingerprint density at radius 2 is 1.62 bits per heavy atom. The summed E-state index contributed by atoms with van der Waals surface area (Å²) in [5.74, 6) is 1.98. The molecule has 4 aliphatic rings. The van der Waals surface area contributed by atoms with Crippen LogP contribution in [-0.2, 0) is 0 Å². The maximum atomic E-state index is 2.99. The summed E-state index contributed by atoms with van der Waals surface area (Å²) < 4.78 is 0. The minimum atomic E-state index is 0.381. The molecule has 2 aliphatic carbocycles. The van der Waals surface area contributed by atoms with Gasteiger partial charge in [-0.3, -0.25) is 9.80 Å². The molecule has 2 heterocycles. The van der Waals surface area contributed by atoms with Crippen molar-refractivity contribution in [2.75, 3.05) is 6.54 Å². The van der Waals surface area contributed by atoms with Gasteiger partial charge in [-0.25, -0.2) is 0 Å². The Balaban J connectivity index is 1.55. The smallest absolute Gasteiger partial charge is 0.0207 e. The second kappa shape index (κ2) is 5.72. The molecule has 7 unspecified atom stereocenters. The average molecular weight is 361 g/mol. The van der Waals surface area contributed by atoms with Crippen LogP contribution in [0.3, 0.4) is 0 Å². The standard InChI is InChI=1S/C24H44N2/c1-15(2)25-14-18-13-24(18,21(25)23(7,8)9)12-16(3)26-19-10-17(19)11-20(26)22(4,5)6/h15-21H,10-14H2,1-9H3. The molecule has 0 N–H and O–H groups in total. The van der Waals surface area contributed by atoms with Gasteiger partial charge in [-0.15, -0.1) is 0 Å². The molecule has 2 saturated heterocycles. The number of hydrogen-bond donors (Lipinski definition) is 0. The summed E-state index contributed by atoms with van der Waals surface area (Å²) in [7, 11) is 0.